The second-order valence-corrected chi connectivity index (χ2v) is 10.0. The summed E-state index contributed by atoms with van der Waals surface area (Å²) in [4.78, 5) is 0. The van der Waals surface area contributed by atoms with Crippen molar-refractivity contribution in [1.82, 2.24) is 14.8 Å². The molecule has 2 aromatic carbocycles. The van der Waals surface area contributed by atoms with E-state index in [0.717, 1.165) is 12.8 Å². The maximum Gasteiger partial charge on any atom is 0.243 e. The van der Waals surface area contributed by atoms with Gasteiger partial charge in [-0.2, -0.15) is 0 Å². The van der Waals surface area contributed by atoms with Crippen molar-refractivity contribution in [3.63, 3.8) is 0 Å². The van der Waals surface area contributed by atoms with Gasteiger partial charge in [0.05, 0.1) is 14.2 Å². The zero-order valence-corrected chi connectivity index (χ0v) is 20.1. The van der Waals surface area contributed by atoms with Gasteiger partial charge in [0.25, 0.3) is 0 Å². The summed E-state index contributed by atoms with van der Waals surface area (Å²) in [6.45, 7) is 2.17. The Labute approximate surface area is 197 Å². The second-order valence-electron chi connectivity index (χ2n) is 7.57. The molecular weight excluding hydrogens is 468 g/mol. The van der Waals surface area contributed by atoms with E-state index in [-0.39, 0.29) is 12.1 Å². The summed E-state index contributed by atoms with van der Waals surface area (Å²) in [5.41, 5.74) is 1.03. The molecule has 1 aliphatic rings. The minimum Gasteiger partial charge on any atom is -0.494 e. The monoisotopic (exact) mass is 492 g/mol. The standard InChI is InChI=1S/C22H25ClN4O5S/c1-14(15-7-4-8-16(23)13-15)33(28,29)26-22-25-24-21(19-11-6-12-32-19)27(22)20-17(30-2)9-5-10-18(20)31-3/h4-5,7-10,13-14,19H,6,11-12H2,1-3H3,(H,25,26)/t14?,19-/m0/s1. The first-order valence-corrected chi connectivity index (χ1v) is 12.3. The Bertz CT molecular complexity index is 1220. The Kier molecular flexibility index (Phi) is 6.78. The molecule has 0 spiro atoms. The van der Waals surface area contributed by atoms with Gasteiger partial charge >= 0.3 is 0 Å². The Morgan fingerprint density at radius 3 is 2.45 bits per heavy atom. The average Bonchev–Trinajstić information content (AvgIpc) is 3.47. The molecule has 0 saturated carbocycles. The molecule has 0 amide bonds. The Hall–Kier alpha value is -2.82. The molecule has 11 heteroatoms. The summed E-state index contributed by atoms with van der Waals surface area (Å²) in [7, 11) is -0.863. The van der Waals surface area contributed by atoms with Crippen LogP contribution in [0.15, 0.2) is 42.5 Å². The van der Waals surface area contributed by atoms with Gasteiger partial charge in [-0.25, -0.2) is 8.42 Å². The van der Waals surface area contributed by atoms with Crippen molar-refractivity contribution >= 4 is 27.6 Å². The molecule has 4 rings (SSSR count). The van der Waals surface area contributed by atoms with Gasteiger partial charge in [0, 0.05) is 11.6 Å². The molecule has 1 aromatic heterocycles. The molecule has 3 aromatic rings. The number of benzene rings is 2. The van der Waals surface area contributed by atoms with E-state index in [2.05, 4.69) is 14.9 Å². The topological polar surface area (TPSA) is 105 Å². The van der Waals surface area contributed by atoms with Crippen molar-refractivity contribution < 1.29 is 22.6 Å². The molecule has 0 radical (unpaired) electrons. The van der Waals surface area contributed by atoms with Gasteiger partial charge in [-0.15, -0.1) is 10.2 Å². The van der Waals surface area contributed by atoms with Crippen LogP contribution in [-0.2, 0) is 14.8 Å². The summed E-state index contributed by atoms with van der Waals surface area (Å²) in [6, 6.07) is 12.0. The van der Waals surface area contributed by atoms with Crippen molar-refractivity contribution in [2.45, 2.75) is 31.1 Å². The highest BCUT2D eigenvalue weighted by molar-refractivity contribution is 7.92. The lowest BCUT2D eigenvalue weighted by molar-refractivity contribution is 0.103. The van der Waals surface area contributed by atoms with E-state index in [4.69, 9.17) is 25.8 Å². The first-order valence-electron chi connectivity index (χ1n) is 10.4. The number of para-hydroxylation sites is 1. The van der Waals surface area contributed by atoms with Gasteiger partial charge in [0.1, 0.15) is 28.5 Å². The summed E-state index contributed by atoms with van der Waals surface area (Å²) < 4.78 is 47.7. The van der Waals surface area contributed by atoms with Crippen molar-refractivity contribution in [1.29, 1.82) is 0 Å². The minimum atomic E-state index is -3.92. The minimum absolute atomic E-state index is 0.0113. The molecular formula is C22H25ClN4O5S. The van der Waals surface area contributed by atoms with E-state index in [1.54, 1.807) is 54.0 Å². The van der Waals surface area contributed by atoms with E-state index >= 15 is 0 Å². The first kappa shape index (κ1) is 23.3. The molecule has 1 saturated heterocycles. The summed E-state index contributed by atoms with van der Waals surface area (Å²) in [6.07, 6.45) is 1.27. The second kappa shape index (κ2) is 9.58. The van der Waals surface area contributed by atoms with Crippen LogP contribution in [-0.4, -0.2) is 44.0 Å². The molecule has 1 N–H and O–H groups in total. The van der Waals surface area contributed by atoms with Crippen LogP contribution in [0.1, 0.15) is 42.5 Å². The van der Waals surface area contributed by atoms with Crippen LogP contribution >= 0.6 is 11.6 Å². The fourth-order valence-electron chi connectivity index (χ4n) is 3.78. The zero-order chi connectivity index (χ0) is 23.6. The number of rotatable bonds is 8. The molecule has 2 heterocycles. The highest BCUT2D eigenvalue weighted by atomic mass is 35.5. The van der Waals surface area contributed by atoms with Gasteiger partial charge in [0.2, 0.25) is 16.0 Å². The first-order chi connectivity index (χ1) is 15.9. The van der Waals surface area contributed by atoms with Crippen LogP contribution in [0.25, 0.3) is 5.69 Å². The van der Waals surface area contributed by atoms with Crippen LogP contribution < -0.4 is 14.2 Å². The molecule has 0 bridgehead atoms. The van der Waals surface area contributed by atoms with Crippen molar-refractivity contribution in [3.05, 3.63) is 58.9 Å². The van der Waals surface area contributed by atoms with Crippen molar-refractivity contribution in [2.24, 2.45) is 0 Å². The van der Waals surface area contributed by atoms with E-state index in [0.29, 0.717) is 40.2 Å². The third-order valence-corrected chi connectivity index (χ3v) is 7.45. The molecule has 33 heavy (non-hydrogen) atoms. The number of aromatic nitrogens is 3. The quantitative estimate of drug-likeness (QED) is 0.500. The fraction of sp³-hybridized carbons (Fsp3) is 0.364. The van der Waals surface area contributed by atoms with Gasteiger partial charge < -0.3 is 14.2 Å². The average molecular weight is 493 g/mol. The van der Waals surface area contributed by atoms with Crippen molar-refractivity contribution in [3.8, 4) is 17.2 Å². The van der Waals surface area contributed by atoms with Crippen LogP contribution in [0.5, 0.6) is 11.5 Å². The maximum absolute atomic E-state index is 13.3. The SMILES string of the molecule is COc1cccc(OC)c1-n1c(NS(=O)(=O)C(C)c2cccc(Cl)c2)nnc1[C@@H]1CCCO1. The molecule has 0 aliphatic carbocycles. The largest absolute Gasteiger partial charge is 0.494 e. The van der Waals surface area contributed by atoms with Crippen LogP contribution in [0, 0.1) is 0 Å². The van der Waals surface area contributed by atoms with E-state index < -0.39 is 15.3 Å². The lowest BCUT2D eigenvalue weighted by Gasteiger charge is -2.20. The van der Waals surface area contributed by atoms with E-state index in [9.17, 15) is 8.42 Å². The molecule has 9 nitrogen and oxygen atoms in total. The third kappa shape index (κ3) is 4.64. The van der Waals surface area contributed by atoms with Gasteiger partial charge in [-0.3, -0.25) is 9.29 Å². The predicted molar refractivity (Wildman–Crippen MR) is 125 cm³/mol. The molecule has 2 atom stereocenters. The number of anilines is 1. The number of nitrogens with one attached hydrogen (secondary N) is 1. The number of methoxy groups -OCH3 is 2. The van der Waals surface area contributed by atoms with E-state index in [1.165, 1.54) is 14.2 Å². The summed E-state index contributed by atoms with van der Waals surface area (Å²) in [5.74, 6) is 1.41. The van der Waals surface area contributed by atoms with Gasteiger partial charge in [0.15, 0.2) is 5.82 Å². The van der Waals surface area contributed by atoms with Crippen LogP contribution in [0.3, 0.4) is 0 Å². The van der Waals surface area contributed by atoms with Gasteiger partial charge in [-0.05, 0) is 49.6 Å². The highest BCUT2D eigenvalue weighted by Crippen LogP contribution is 2.39. The Balaban J connectivity index is 1.82. The van der Waals surface area contributed by atoms with Crippen molar-refractivity contribution in [2.75, 3.05) is 25.5 Å². The number of hydrogen-bond donors (Lipinski definition) is 1. The number of ether oxygens (including phenoxy) is 3. The molecule has 1 fully saturated rings. The maximum atomic E-state index is 13.3. The molecule has 1 unspecified atom stereocenters. The predicted octanol–water partition coefficient (Wildman–Crippen LogP) is 4.29. The zero-order valence-electron chi connectivity index (χ0n) is 18.5. The van der Waals surface area contributed by atoms with Crippen LogP contribution in [0.4, 0.5) is 5.95 Å². The number of sulfonamides is 1. The smallest absolute Gasteiger partial charge is 0.243 e. The van der Waals surface area contributed by atoms with Crippen LogP contribution in [0.2, 0.25) is 5.02 Å². The molecule has 176 valence electrons. The normalized spacial score (nSPS) is 17.0. The number of nitrogens with zero attached hydrogens (tertiary/aromatic N) is 3. The highest BCUT2D eigenvalue weighted by Gasteiger charge is 2.32. The molecule has 1 aliphatic heterocycles. The fourth-order valence-corrected chi connectivity index (χ4v) is 5.05. The summed E-state index contributed by atoms with van der Waals surface area (Å²) >= 11 is 6.06. The Morgan fingerprint density at radius 2 is 1.85 bits per heavy atom. The number of halogens is 1. The number of hydrogen-bond acceptors (Lipinski definition) is 7. The third-order valence-electron chi connectivity index (χ3n) is 5.55. The summed E-state index contributed by atoms with van der Waals surface area (Å²) in [5, 5.41) is 8.02. The van der Waals surface area contributed by atoms with Gasteiger partial charge in [-0.1, -0.05) is 29.8 Å². The lowest BCUT2D eigenvalue weighted by atomic mass is 10.2. The van der Waals surface area contributed by atoms with E-state index in [1.807, 2.05) is 0 Å². The Morgan fingerprint density at radius 1 is 1.15 bits per heavy atom. The lowest BCUT2D eigenvalue weighted by Crippen LogP contribution is -2.22.